The van der Waals surface area contributed by atoms with E-state index < -0.39 is 11.2 Å². The van der Waals surface area contributed by atoms with Gasteiger partial charge in [-0.3, -0.25) is 13.9 Å². The van der Waals surface area contributed by atoms with E-state index >= 15 is 0 Å². The van der Waals surface area contributed by atoms with Gasteiger partial charge in [-0.1, -0.05) is 0 Å². The van der Waals surface area contributed by atoms with E-state index in [1.54, 1.807) is 0 Å². The zero-order chi connectivity index (χ0) is 12.6. The van der Waals surface area contributed by atoms with Gasteiger partial charge in [0.15, 0.2) is 0 Å². The molecule has 6 nitrogen and oxygen atoms in total. The van der Waals surface area contributed by atoms with Gasteiger partial charge in [-0.15, -0.1) is 0 Å². The van der Waals surface area contributed by atoms with Gasteiger partial charge in [-0.2, -0.15) is 0 Å². The number of fused-ring (bicyclic) bond motifs is 1. The Labute approximate surface area is 96.0 Å². The summed E-state index contributed by atoms with van der Waals surface area (Å²) in [5, 5.41) is 18.5. The number of aliphatic hydroxyl groups is 1. The second-order valence-electron chi connectivity index (χ2n) is 3.72. The van der Waals surface area contributed by atoms with E-state index in [4.69, 9.17) is 5.11 Å². The fraction of sp³-hybridized carbons (Fsp3) is 0.273. The van der Waals surface area contributed by atoms with Gasteiger partial charge < -0.3 is 10.2 Å². The first-order valence-corrected chi connectivity index (χ1v) is 5.09. The van der Waals surface area contributed by atoms with Crippen molar-refractivity contribution in [1.29, 1.82) is 0 Å². The highest BCUT2D eigenvalue weighted by atomic mass is 16.3. The number of hydrogen-bond donors (Lipinski definition) is 2. The highest BCUT2D eigenvalue weighted by molar-refractivity contribution is 5.79. The molecule has 0 spiro atoms. The number of hydrogen-bond acceptors (Lipinski definition) is 4. The Morgan fingerprint density at radius 3 is 2.65 bits per heavy atom. The molecule has 6 heteroatoms. The van der Waals surface area contributed by atoms with Gasteiger partial charge in [0.25, 0.3) is 5.56 Å². The molecule has 0 saturated heterocycles. The summed E-state index contributed by atoms with van der Waals surface area (Å²) in [6, 6.07) is 4.21. The van der Waals surface area contributed by atoms with E-state index in [1.807, 2.05) is 0 Å². The minimum Gasteiger partial charge on any atom is -0.508 e. The monoisotopic (exact) mass is 236 g/mol. The van der Waals surface area contributed by atoms with Crippen LogP contribution in [0.3, 0.4) is 0 Å². The minimum absolute atomic E-state index is 0.00759. The van der Waals surface area contributed by atoms with Crippen LogP contribution in [0, 0.1) is 0 Å². The van der Waals surface area contributed by atoms with E-state index in [9.17, 15) is 14.7 Å². The lowest BCUT2D eigenvalue weighted by molar-refractivity contribution is 0.271. The van der Waals surface area contributed by atoms with Crippen LogP contribution in [-0.2, 0) is 13.6 Å². The molecule has 0 atom stereocenters. The van der Waals surface area contributed by atoms with Gasteiger partial charge in [0.1, 0.15) is 5.75 Å². The topological polar surface area (TPSA) is 84.5 Å². The van der Waals surface area contributed by atoms with Gasteiger partial charge in [0.05, 0.1) is 24.1 Å². The number of aromatic hydroxyl groups is 1. The van der Waals surface area contributed by atoms with Crippen molar-refractivity contribution in [3.05, 3.63) is 39.0 Å². The quantitative estimate of drug-likeness (QED) is 0.729. The highest BCUT2D eigenvalue weighted by Crippen LogP contribution is 2.15. The molecule has 0 aliphatic rings. The molecular formula is C11H12N2O4. The van der Waals surface area contributed by atoms with Crippen LogP contribution < -0.4 is 11.2 Å². The molecule has 0 saturated carbocycles. The number of aryl methyl sites for hydroxylation is 1. The van der Waals surface area contributed by atoms with Crippen molar-refractivity contribution in [2.45, 2.75) is 6.54 Å². The second kappa shape index (κ2) is 4.06. The van der Waals surface area contributed by atoms with Crippen LogP contribution in [0.25, 0.3) is 10.9 Å². The zero-order valence-corrected chi connectivity index (χ0v) is 9.25. The molecule has 0 aliphatic heterocycles. The summed E-state index contributed by atoms with van der Waals surface area (Å²) in [6.07, 6.45) is 0. The van der Waals surface area contributed by atoms with Crippen LogP contribution in [-0.4, -0.2) is 26.0 Å². The predicted octanol–water partition coefficient (Wildman–Crippen LogP) is -0.602. The maximum atomic E-state index is 12.0. The number of benzene rings is 1. The van der Waals surface area contributed by atoms with Crippen LogP contribution in [0.4, 0.5) is 0 Å². The third-order valence-corrected chi connectivity index (χ3v) is 2.66. The fourth-order valence-electron chi connectivity index (χ4n) is 1.79. The van der Waals surface area contributed by atoms with Gasteiger partial charge in [0, 0.05) is 13.1 Å². The SMILES string of the molecule is Cn1c(=O)n(CCO)c(=O)c2ccc(O)cc21. The summed E-state index contributed by atoms with van der Waals surface area (Å²) in [5.74, 6) is -0.00759. The van der Waals surface area contributed by atoms with Crippen LogP contribution >= 0.6 is 0 Å². The van der Waals surface area contributed by atoms with E-state index in [-0.39, 0.29) is 18.9 Å². The normalized spacial score (nSPS) is 10.9. The molecular weight excluding hydrogens is 224 g/mol. The Bertz CT molecular complexity index is 684. The molecule has 90 valence electrons. The van der Waals surface area contributed by atoms with Crippen molar-refractivity contribution in [3.63, 3.8) is 0 Å². The van der Waals surface area contributed by atoms with Gasteiger partial charge in [-0.25, -0.2) is 4.79 Å². The number of phenolic OH excluding ortho intramolecular Hbond substituents is 1. The fourth-order valence-corrected chi connectivity index (χ4v) is 1.79. The van der Waals surface area contributed by atoms with Crippen LogP contribution in [0.5, 0.6) is 5.75 Å². The molecule has 2 N–H and O–H groups in total. The van der Waals surface area contributed by atoms with E-state index in [2.05, 4.69) is 0 Å². The third kappa shape index (κ3) is 1.72. The maximum Gasteiger partial charge on any atom is 0.331 e. The molecule has 0 amide bonds. The Morgan fingerprint density at radius 2 is 2.00 bits per heavy atom. The lowest BCUT2D eigenvalue weighted by Crippen LogP contribution is -2.39. The van der Waals surface area contributed by atoms with Crippen molar-refractivity contribution in [2.24, 2.45) is 7.05 Å². The number of aliphatic hydroxyl groups excluding tert-OH is 1. The molecule has 1 aromatic carbocycles. The first kappa shape index (κ1) is 11.4. The summed E-state index contributed by atoms with van der Waals surface area (Å²) in [6.45, 7) is -0.318. The molecule has 0 unspecified atom stereocenters. The molecule has 0 radical (unpaired) electrons. The largest absolute Gasteiger partial charge is 0.508 e. The van der Waals surface area contributed by atoms with Crippen molar-refractivity contribution in [1.82, 2.24) is 9.13 Å². The lowest BCUT2D eigenvalue weighted by atomic mass is 10.2. The van der Waals surface area contributed by atoms with Crippen LogP contribution in [0.15, 0.2) is 27.8 Å². The maximum absolute atomic E-state index is 12.0. The van der Waals surface area contributed by atoms with Crippen molar-refractivity contribution >= 4 is 10.9 Å². The molecule has 1 aromatic heterocycles. The van der Waals surface area contributed by atoms with Gasteiger partial charge >= 0.3 is 5.69 Å². The van der Waals surface area contributed by atoms with Crippen molar-refractivity contribution < 1.29 is 10.2 Å². The van der Waals surface area contributed by atoms with Gasteiger partial charge in [0.2, 0.25) is 0 Å². The summed E-state index contributed by atoms with van der Waals surface area (Å²) in [7, 11) is 1.51. The molecule has 17 heavy (non-hydrogen) atoms. The highest BCUT2D eigenvalue weighted by Gasteiger charge is 2.10. The Balaban J connectivity index is 2.95. The third-order valence-electron chi connectivity index (χ3n) is 2.66. The smallest absolute Gasteiger partial charge is 0.331 e. The zero-order valence-electron chi connectivity index (χ0n) is 9.25. The average Bonchev–Trinajstić information content (AvgIpc) is 2.32. The summed E-state index contributed by atoms with van der Waals surface area (Å²) < 4.78 is 2.24. The van der Waals surface area contributed by atoms with E-state index in [1.165, 1.54) is 29.8 Å². The molecule has 0 aliphatic carbocycles. The van der Waals surface area contributed by atoms with Gasteiger partial charge in [-0.05, 0) is 12.1 Å². The van der Waals surface area contributed by atoms with Crippen LogP contribution in [0.1, 0.15) is 0 Å². The first-order valence-electron chi connectivity index (χ1n) is 5.09. The minimum atomic E-state index is -0.512. The first-order chi connectivity index (χ1) is 8.06. The lowest BCUT2D eigenvalue weighted by Gasteiger charge is -2.09. The Morgan fingerprint density at radius 1 is 1.29 bits per heavy atom. The van der Waals surface area contributed by atoms with E-state index in [0.29, 0.717) is 10.9 Å². The molecule has 1 heterocycles. The summed E-state index contributed by atoms with van der Waals surface area (Å²) in [5.41, 5.74) is -0.603. The molecule has 2 rings (SSSR count). The number of nitrogens with zero attached hydrogens (tertiary/aromatic N) is 2. The van der Waals surface area contributed by atoms with E-state index in [0.717, 1.165) is 4.57 Å². The van der Waals surface area contributed by atoms with Crippen molar-refractivity contribution in [3.8, 4) is 5.75 Å². The van der Waals surface area contributed by atoms with Crippen LogP contribution in [0.2, 0.25) is 0 Å². The summed E-state index contributed by atoms with van der Waals surface area (Å²) >= 11 is 0. The average molecular weight is 236 g/mol. The summed E-state index contributed by atoms with van der Waals surface area (Å²) in [4.78, 5) is 23.8. The van der Waals surface area contributed by atoms with Crippen molar-refractivity contribution in [2.75, 3.05) is 6.61 Å². The second-order valence-corrected chi connectivity index (χ2v) is 3.72. The molecule has 0 fully saturated rings. The standard InChI is InChI=1S/C11H12N2O4/c1-12-9-6-7(15)2-3-8(9)10(16)13(4-5-14)11(12)17/h2-3,6,14-15H,4-5H2,1H3. The Hall–Kier alpha value is -2.08. The predicted molar refractivity (Wildman–Crippen MR) is 62.2 cm³/mol. The number of aromatic nitrogens is 2. The number of rotatable bonds is 2. The molecule has 0 bridgehead atoms. The Kier molecular flexibility index (Phi) is 2.72. The molecule has 2 aromatic rings. The number of phenols is 1.